The first kappa shape index (κ1) is 42.3. The van der Waals surface area contributed by atoms with Crippen LogP contribution in [0.1, 0.15) is 47.2 Å². The molecule has 1 nitrogen and oxygen atoms in total. The van der Waals surface area contributed by atoms with Gasteiger partial charge >= 0.3 is 0 Å². The van der Waals surface area contributed by atoms with Crippen molar-refractivity contribution in [2.45, 2.75) is 24.7 Å². The summed E-state index contributed by atoms with van der Waals surface area (Å²) in [7, 11) is 0. The first-order chi connectivity index (χ1) is 35.0. The van der Waals surface area contributed by atoms with E-state index >= 15 is 0 Å². The highest BCUT2D eigenvalue weighted by Crippen LogP contribution is 2.57. The summed E-state index contributed by atoms with van der Waals surface area (Å²) in [6, 6.07) is 101. The first-order valence-electron chi connectivity index (χ1n) is 24.8. The molecule has 0 radical (unpaired) electrons. The Morgan fingerprint density at radius 1 is 0.268 bits per heavy atom. The standard InChI is InChI=1S/C70H51N/c1-69(2)63-34-18-16-32-60(63)68-59(33-21-36-66(68)69)58-31-17-20-37-67(58)71(55-43-44-56(49-22-7-3-8-23-49)61(47-55)50-24-9-4-10-25-50)54-41-38-48(39-42-54)51-40-45-65-62(46-51)57-30-15-19-35-64(57)70(65,52-26-11-5-12-27-52)53-28-13-6-14-29-53/h3-47H,1-2H3. The van der Waals surface area contributed by atoms with E-state index in [9.17, 15) is 0 Å². The molecule has 2 aliphatic rings. The molecule has 0 unspecified atom stereocenters. The van der Waals surface area contributed by atoms with E-state index < -0.39 is 5.41 Å². The summed E-state index contributed by atoms with van der Waals surface area (Å²) in [6.07, 6.45) is 0. The summed E-state index contributed by atoms with van der Waals surface area (Å²) >= 11 is 0. The molecular weight excluding hydrogens is 855 g/mol. The zero-order chi connectivity index (χ0) is 47.5. The summed E-state index contributed by atoms with van der Waals surface area (Å²) in [5.74, 6) is 0. The number of rotatable bonds is 9. The molecule has 11 aromatic rings. The van der Waals surface area contributed by atoms with Crippen LogP contribution in [-0.4, -0.2) is 0 Å². The zero-order valence-electron chi connectivity index (χ0n) is 39.9. The Labute approximate surface area is 417 Å². The van der Waals surface area contributed by atoms with Gasteiger partial charge in [0, 0.05) is 22.4 Å². The molecule has 0 N–H and O–H groups in total. The van der Waals surface area contributed by atoms with Gasteiger partial charge in [-0.2, -0.15) is 0 Å². The lowest BCUT2D eigenvalue weighted by Gasteiger charge is -2.33. The van der Waals surface area contributed by atoms with Crippen molar-refractivity contribution < 1.29 is 0 Å². The van der Waals surface area contributed by atoms with Crippen LogP contribution in [-0.2, 0) is 10.8 Å². The highest BCUT2D eigenvalue weighted by atomic mass is 15.1. The van der Waals surface area contributed by atoms with Gasteiger partial charge in [0.25, 0.3) is 0 Å². The third-order valence-corrected chi connectivity index (χ3v) is 15.4. The van der Waals surface area contributed by atoms with Gasteiger partial charge in [0.15, 0.2) is 0 Å². The highest BCUT2D eigenvalue weighted by molar-refractivity contribution is 5.99. The molecule has 1 heteroatoms. The molecule has 0 heterocycles. The molecule has 0 bridgehead atoms. The molecule has 0 saturated heterocycles. The number of hydrogen-bond donors (Lipinski definition) is 0. The van der Waals surface area contributed by atoms with Crippen LogP contribution in [0.5, 0.6) is 0 Å². The maximum absolute atomic E-state index is 2.47. The van der Waals surface area contributed by atoms with Crippen molar-refractivity contribution >= 4 is 17.1 Å². The Hall–Kier alpha value is -8.78. The number of anilines is 3. The van der Waals surface area contributed by atoms with Crippen LogP contribution >= 0.6 is 0 Å². The van der Waals surface area contributed by atoms with Crippen LogP contribution in [0, 0.1) is 0 Å². The van der Waals surface area contributed by atoms with E-state index in [4.69, 9.17) is 0 Å². The highest BCUT2D eigenvalue weighted by Gasteiger charge is 2.46. The lowest BCUT2D eigenvalue weighted by atomic mass is 9.67. The van der Waals surface area contributed by atoms with E-state index in [0.29, 0.717) is 0 Å². The average Bonchev–Trinajstić information content (AvgIpc) is 3.87. The molecule has 71 heavy (non-hydrogen) atoms. The number of nitrogens with zero attached hydrogens (tertiary/aromatic N) is 1. The topological polar surface area (TPSA) is 3.24 Å². The molecule has 0 spiro atoms. The molecule has 13 rings (SSSR count). The summed E-state index contributed by atoms with van der Waals surface area (Å²) in [4.78, 5) is 2.47. The molecule has 0 atom stereocenters. The fourth-order valence-electron chi connectivity index (χ4n) is 12.1. The van der Waals surface area contributed by atoms with Crippen molar-refractivity contribution in [2.24, 2.45) is 0 Å². The minimum absolute atomic E-state index is 0.117. The van der Waals surface area contributed by atoms with Crippen LogP contribution in [0.25, 0.3) is 66.8 Å². The molecule has 0 aliphatic heterocycles. The average molecular weight is 906 g/mol. The molecule has 0 fully saturated rings. The predicted molar refractivity (Wildman–Crippen MR) is 298 cm³/mol. The largest absolute Gasteiger partial charge is 0.310 e. The van der Waals surface area contributed by atoms with Gasteiger partial charge in [-0.3, -0.25) is 0 Å². The minimum atomic E-state index is -0.434. The van der Waals surface area contributed by atoms with Crippen molar-refractivity contribution in [1.82, 2.24) is 0 Å². The van der Waals surface area contributed by atoms with Gasteiger partial charge in [0.1, 0.15) is 0 Å². The van der Waals surface area contributed by atoms with Gasteiger partial charge < -0.3 is 4.90 Å². The minimum Gasteiger partial charge on any atom is -0.310 e. The summed E-state index contributed by atoms with van der Waals surface area (Å²) < 4.78 is 0. The maximum atomic E-state index is 2.47. The molecule has 2 aliphatic carbocycles. The van der Waals surface area contributed by atoms with Crippen LogP contribution in [0.4, 0.5) is 17.1 Å². The van der Waals surface area contributed by atoms with E-state index in [1.807, 2.05) is 0 Å². The van der Waals surface area contributed by atoms with Gasteiger partial charge in [-0.1, -0.05) is 250 Å². The second kappa shape index (κ2) is 17.0. The fourth-order valence-corrected chi connectivity index (χ4v) is 12.1. The molecule has 11 aromatic carbocycles. The van der Waals surface area contributed by atoms with Crippen molar-refractivity contribution in [1.29, 1.82) is 0 Å². The predicted octanol–water partition coefficient (Wildman–Crippen LogP) is 18.5. The second-order valence-corrected chi connectivity index (χ2v) is 19.5. The Kier molecular flexibility index (Phi) is 10.1. The van der Waals surface area contributed by atoms with Crippen LogP contribution in [0.2, 0.25) is 0 Å². The summed E-state index contributed by atoms with van der Waals surface area (Å²) in [6.45, 7) is 4.73. The van der Waals surface area contributed by atoms with Gasteiger partial charge in [-0.05, 0) is 131 Å². The zero-order valence-corrected chi connectivity index (χ0v) is 39.9. The molecular formula is C70H51N. The quantitative estimate of drug-likeness (QED) is 0.139. The second-order valence-electron chi connectivity index (χ2n) is 19.5. The summed E-state index contributed by atoms with van der Waals surface area (Å²) in [5, 5.41) is 0. The van der Waals surface area contributed by atoms with Crippen LogP contribution in [0.15, 0.2) is 273 Å². The van der Waals surface area contributed by atoms with E-state index in [0.717, 1.165) is 17.1 Å². The van der Waals surface area contributed by atoms with Crippen molar-refractivity contribution in [3.63, 3.8) is 0 Å². The normalized spacial score (nSPS) is 13.4. The van der Waals surface area contributed by atoms with Crippen LogP contribution < -0.4 is 4.90 Å². The Morgan fingerprint density at radius 3 is 1.44 bits per heavy atom. The lowest BCUT2D eigenvalue weighted by Crippen LogP contribution is -2.28. The molecule has 0 amide bonds. The van der Waals surface area contributed by atoms with E-state index in [1.54, 1.807) is 0 Å². The molecule has 0 aromatic heterocycles. The number of benzene rings is 11. The van der Waals surface area contributed by atoms with Crippen molar-refractivity contribution in [2.75, 3.05) is 4.90 Å². The molecule has 336 valence electrons. The third-order valence-electron chi connectivity index (χ3n) is 15.4. The van der Waals surface area contributed by atoms with Crippen molar-refractivity contribution in [3.05, 3.63) is 306 Å². The van der Waals surface area contributed by atoms with Gasteiger partial charge in [-0.25, -0.2) is 0 Å². The Balaban J connectivity index is 0.984. The van der Waals surface area contributed by atoms with Crippen LogP contribution in [0.3, 0.4) is 0 Å². The monoisotopic (exact) mass is 905 g/mol. The third kappa shape index (κ3) is 6.76. The van der Waals surface area contributed by atoms with Gasteiger partial charge in [-0.15, -0.1) is 0 Å². The van der Waals surface area contributed by atoms with Gasteiger partial charge in [0.05, 0.1) is 11.1 Å². The maximum Gasteiger partial charge on any atom is 0.0713 e. The Bertz CT molecular complexity index is 3720. The smallest absolute Gasteiger partial charge is 0.0713 e. The van der Waals surface area contributed by atoms with Gasteiger partial charge in [0.2, 0.25) is 0 Å². The SMILES string of the molecule is CC1(C)c2ccccc2-c2c(-c3ccccc3N(c3ccc(-c4ccc5c(c4)-c4ccccc4C5(c4ccccc4)c4ccccc4)cc3)c3ccc(-c4ccccc4)c(-c4ccccc4)c3)cccc21. The lowest BCUT2D eigenvalue weighted by molar-refractivity contribution is 0.660. The van der Waals surface area contributed by atoms with E-state index in [2.05, 4.69) is 292 Å². The van der Waals surface area contributed by atoms with E-state index in [1.165, 1.54) is 100 Å². The Morgan fingerprint density at radius 2 is 0.761 bits per heavy atom. The first-order valence-corrected chi connectivity index (χ1v) is 24.8. The summed E-state index contributed by atoms with van der Waals surface area (Å²) in [5.41, 5.74) is 25.4. The number of fused-ring (bicyclic) bond motifs is 6. The van der Waals surface area contributed by atoms with E-state index in [-0.39, 0.29) is 5.41 Å². The molecule has 0 saturated carbocycles. The number of hydrogen-bond acceptors (Lipinski definition) is 1. The number of para-hydroxylation sites is 1. The van der Waals surface area contributed by atoms with Crippen molar-refractivity contribution in [3.8, 4) is 66.8 Å². The fraction of sp³-hybridized carbons (Fsp3) is 0.0571.